The molecule has 1 amide bonds. The van der Waals surface area contributed by atoms with Gasteiger partial charge in [0.25, 0.3) is 11.5 Å². The zero-order valence-corrected chi connectivity index (χ0v) is 14.9. The van der Waals surface area contributed by atoms with Crippen LogP contribution in [-0.2, 0) is 25.8 Å². The van der Waals surface area contributed by atoms with Gasteiger partial charge in [-0.25, -0.2) is 0 Å². The number of aromatic amines is 2. The molecule has 1 aliphatic carbocycles. The second-order valence-corrected chi connectivity index (χ2v) is 7.50. The van der Waals surface area contributed by atoms with Crippen LogP contribution < -0.4 is 5.56 Å². The number of fused-ring (bicyclic) bond motifs is 4. The number of aryl methyl sites for hydroxylation is 2. The number of carbonyl (C=O) groups is 1. The average molecular weight is 368 g/mol. The molecule has 3 aromatic rings. The molecule has 0 atom stereocenters. The van der Waals surface area contributed by atoms with Gasteiger partial charge >= 0.3 is 0 Å². The predicted octanol–water partition coefficient (Wildman–Crippen LogP) is 3.20. The van der Waals surface area contributed by atoms with Crippen molar-refractivity contribution in [2.75, 3.05) is 6.54 Å². The molecular weight excluding hydrogens is 350 g/mol. The van der Waals surface area contributed by atoms with Crippen molar-refractivity contribution in [1.29, 1.82) is 0 Å². The van der Waals surface area contributed by atoms with Crippen LogP contribution in [0, 0.1) is 0 Å². The Morgan fingerprint density at radius 2 is 2.00 bits per heavy atom. The van der Waals surface area contributed by atoms with Crippen molar-refractivity contribution in [3.63, 3.8) is 0 Å². The molecule has 0 saturated carbocycles. The number of para-hydroxylation sites is 1. The summed E-state index contributed by atoms with van der Waals surface area (Å²) in [5, 5.41) is 1.73. The quantitative estimate of drug-likeness (QED) is 0.693. The Labute approximate surface area is 155 Å². The smallest absolute Gasteiger partial charge is 0.261 e. The molecule has 0 spiro atoms. The fraction of sp³-hybridized carbons (Fsp3) is 0.300. The minimum atomic E-state index is -0.275. The minimum Gasteiger partial charge on any atom is -0.357 e. The van der Waals surface area contributed by atoms with Gasteiger partial charge in [-0.1, -0.05) is 23.7 Å². The number of H-pyrrole nitrogens is 2. The number of hydrogen-bond acceptors (Lipinski definition) is 2. The van der Waals surface area contributed by atoms with Gasteiger partial charge in [-0.15, -0.1) is 0 Å². The van der Waals surface area contributed by atoms with Gasteiger partial charge in [0.05, 0.1) is 10.5 Å². The summed E-state index contributed by atoms with van der Waals surface area (Å²) in [5.41, 5.74) is 5.21. The van der Waals surface area contributed by atoms with Crippen molar-refractivity contribution in [2.45, 2.75) is 32.2 Å². The van der Waals surface area contributed by atoms with E-state index in [1.165, 1.54) is 0 Å². The van der Waals surface area contributed by atoms with E-state index in [4.69, 9.17) is 11.6 Å². The van der Waals surface area contributed by atoms with Crippen LogP contribution >= 0.6 is 11.6 Å². The molecule has 2 N–H and O–H groups in total. The molecule has 2 aromatic heterocycles. The SMILES string of the molecule is O=C(c1cc2c([nH]c1=O)CCC2)N1CCc2[nH]c3c(Cl)cccc3c2C1. The fourth-order valence-corrected chi connectivity index (χ4v) is 4.44. The molecule has 0 fully saturated rings. The van der Waals surface area contributed by atoms with Crippen molar-refractivity contribution in [2.24, 2.45) is 0 Å². The molecule has 3 heterocycles. The lowest BCUT2D eigenvalue weighted by Crippen LogP contribution is -2.38. The summed E-state index contributed by atoms with van der Waals surface area (Å²) in [7, 11) is 0. The highest BCUT2D eigenvalue weighted by Gasteiger charge is 2.27. The first kappa shape index (κ1) is 15.7. The first-order valence-electron chi connectivity index (χ1n) is 8.94. The summed E-state index contributed by atoms with van der Waals surface area (Å²) in [6, 6.07) is 7.60. The molecule has 0 unspecified atom stereocenters. The second-order valence-electron chi connectivity index (χ2n) is 7.09. The van der Waals surface area contributed by atoms with Gasteiger partial charge in [-0.3, -0.25) is 9.59 Å². The van der Waals surface area contributed by atoms with Crippen LogP contribution in [0.4, 0.5) is 0 Å². The van der Waals surface area contributed by atoms with E-state index in [0.29, 0.717) is 18.1 Å². The Balaban J connectivity index is 1.51. The number of pyridine rings is 1. The molecule has 132 valence electrons. The number of carbonyl (C=O) groups excluding carboxylic acids is 1. The summed E-state index contributed by atoms with van der Waals surface area (Å²) < 4.78 is 0. The Morgan fingerprint density at radius 1 is 1.12 bits per heavy atom. The zero-order chi connectivity index (χ0) is 17.8. The first-order chi connectivity index (χ1) is 12.6. The van der Waals surface area contributed by atoms with Crippen molar-refractivity contribution in [1.82, 2.24) is 14.9 Å². The van der Waals surface area contributed by atoms with Gasteiger partial charge in [0.1, 0.15) is 5.56 Å². The van der Waals surface area contributed by atoms with Crippen molar-refractivity contribution in [3.8, 4) is 0 Å². The molecule has 5 rings (SSSR count). The average Bonchev–Trinajstić information content (AvgIpc) is 3.24. The van der Waals surface area contributed by atoms with Crippen LogP contribution in [0.2, 0.25) is 5.02 Å². The third kappa shape index (κ3) is 2.31. The number of halogens is 1. The van der Waals surface area contributed by atoms with E-state index in [-0.39, 0.29) is 17.0 Å². The van der Waals surface area contributed by atoms with Crippen molar-refractivity contribution >= 4 is 28.4 Å². The Kier molecular flexibility index (Phi) is 3.47. The van der Waals surface area contributed by atoms with Crippen molar-refractivity contribution in [3.05, 3.63) is 67.7 Å². The molecule has 6 heteroatoms. The highest BCUT2D eigenvalue weighted by molar-refractivity contribution is 6.35. The maximum absolute atomic E-state index is 13.0. The summed E-state index contributed by atoms with van der Waals surface area (Å²) in [6.45, 7) is 1.08. The van der Waals surface area contributed by atoms with E-state index in [0.717, 1.165) is 59.1 Å². The van der Waals surface area contributed by atoms with Crippen LogP contribution in [0.15, 0.2) is 29.1 Å². The maximum atomic E-state index is 13.0. The van der Waals surface area contributed by atoms with Gasteiger partial charge < -0.3 is 14.9 Å². The molecule has 2 aliphatic rings. The summed E-state index contributed by atoms with van der Waals surface area (Å²) in [4.78, 5) is 33.5. The Morgan fingerprint density at radius 3 is 2.88 bits per heavy atom. The third-order valence-corrected chi connectivity index (χ3v) is 5.88. The number of rotatable bonds is 1. The standard InChI is InChI=1S/C20H18ClN3O2/c21-15-5-2-4-12-14-10-24(8-7-17(14)22-18(12)15)20(26)13-9-11-3-1-6-16(11)23-19(13)25/h2,4-5,9,22H,1,3,6-8,10H2,(H,23,25). The molecule has 0 bridgehead atoms. The van der Waals surface area contributed by atoms with Gasteiger partial charge in [-0.05, 0) is 37.0 Å². The molecule has 0 saturated heterocycles. The van der Waals surface area contributed by atoms with Crippen LogP contribution in [0.5, 0.6) is 0 Å². The number of hydrogen-bond donors (Lipinski definition) is 2. The monoisotopic (exact) mass is 367 g/mol. The lowest BCUT2D eigenvalue weighted by molar-refractivity contribution is 0.0733. The Hall–Kier alpha value is -2.53. The summed E-state index contributed by atoms with van der Waals surface area (Å²) in [5.74, 6) is -0.192. The van der Waals surface area contributed by atoms with Crippen LogP contribution in [0.25, 0.3) is 10.9 Å². The number of benzene rings is 1. The van der Waals surface area contributed by atoms with Gasteiger partial charge in [0.2, 0.25) is 0 Å². The van der Waals surface area contributed by atoms with E-state index in [1.54, 1.807) is 11.0 Å². The third-order valence-electron chi connectivity index (χ3n) is 5.57. The highest BCUT2D eigenvalue weighted by atomic mass is 35.5. The topological polar surface area (TPSA) is 69.0 Å². The minimum absolute atomic E-state index is 0.192. The first-order valence-corrected chi connectivity index (χ1v) is 9.32. The number of nitrogens with zero attached hydrogens (tertiary/aromatic N) is 1. The molecule has 1 aromatic carbocycles. The van der Waals surface area contributed by atoms with E-state index in [2.05, 4.69) is 9.97 Å². The van der Waals surface area contributed by atoms with E-state index in [1.807, 2.05) is 18.2 Å². The van der Waals surface area contributed by atoms with Crippen LogP contribution in [0.1, 0.15) is 39.3 Å². The molecule has 0 radical (unpaired) electrons. The molecule has 1 aliphatic heterocycles. The number of aromatic nitrogens is 2. The largest absolute Gasteiger partial charge is 0.357 e. The second kappa shape index (κ2) is 5.74. The predicted molar refractivity (Wildman–Crippen MR) is 101 cm³/mol. The normalized spacial score (nSPS) is 16.0. The molecular formula is C20H18ClN3O2. The number of nitrogens with one attached hydrogen (secondary N) is 2. The Bertz CT molecular complexity index is 1110. The molecule has 26 heavy (non-hydrogen) atoms. The van der Waals surface area contributed by atoms with Crippen LogP contribution in [0.3, 0.4) is 0 Å². The van der Waals surface area contributed by atoms with Gasteiger partial charge in [-0.2, -0.15) is 0 Å². The van der Waals surface area contributed by atoms with E-state index in [9.17, 15) is 9.59 Å². The summed E-state index contributed by atoms with van der Waals surface area (Å²) in [6.07, 6.45) is 3.58. The molecule has 5 nitrogen and oxygen atoms in total. The summed E-state index contributed by atoms with van der Waals surface area (Å²) >= 11 is 6.29. The lowest BCUT2D eigenvalue weighted by Gasteiger charge is -2.27. The van der Waals surface area contributed by atoms with Gasteiger partial charge in [0, 0.05) is 41.8 Å². The zero-order valence-electron chi connectivity index (χ0n) is 14.2. The van der Waals surface area contributed by atoms with E-state index < -0.39 is 0 Å². The van der Waals surface area contributed by atoms with E-state index >= 15 is 0 Å². The number of amides is 1. The highest BCUT2D eigenvalue weighted by Crippen LogP contribution is 2.32. The van der Waals surface area contributed by atoms with Crippen LogP contribution in [-0.4, -0.2) is 27.3 Å². The van der Waals surface area contributed by atoms with Gasteiger partial charge in [0.15, 0.2) is 0 Å². The maximum Gasteiger partial charge on any atom is 0.261 e. The fourth-order valence-electron chi connectivity index (χ4n) is 4.22. The van der Waals surface area contributed by atoms with Crippen molar-refractivity contribution < 1.29 is 4.79 Å². The lowest BCUT2D eigenvalue weighted by atomic mass is 10.0.